The summed E-state index contributed by atoms with van der Waals surface area (Å²) in [6.07, 6.45) is 11.3. The monoisotopic (exact) mass is 198 g/mol. The number of hydrogen-bond donors (Lipinski definition) is 1. The standard InChI is InChI=1S/C13H14N2/c1-8-3-4-10-11-7-9-5-6-14-13(9,11)12(10)15(8)2/h3-9,14H,1-2H3. The van der Waals surface area contributed by atoms with Crippen LogP contribution in [0.1, 0.15) is 6.92 Å². The highest BCUT2D eigenvalue weighted by Gasteiger charge is 2.62. The number of nitrogens with one attached hydrogen (secondary N) is 1. The highest BCUT2D eigenvalue weighted by atomic mass is 15.2. The zero-order valence-corrected chi connectivity index (χ0v) is 8.99. The quantitative estimate of drug-likeness (QED) is 0.635. The molecule has 0 bridgehead atoms. The first-order chi connectivity index (χ1) is 7.25. The van der Waals surface area contributed by atoms with Crippen LogP contribution in [0, 0.1) is 5.92 Å². The van der Waals surface area contributed by atoms with Crippen molar-refractivity contribution in [1.82, 2.24) is 10.2 Å². The van der Waals surface area contributed by atoms with Crippen LogP contribution >= 0.6 is 0 Å². The summed E-state index contributed by atoms with van der Waals surface area (Å²) < 4.78 is 0. The van der Waals surface area contributed by atoms with Gasteiger partial charge in [-0.05, 0) is 18.7 Å². The molecule has 1 spiro atoms. The summed E-state index contributed by atoms with van der Waals surface area (Å²) >= 11 is 0. The highest BCUT2D eigenvalue weighted by Crippen LogP contribution is 2.60. The van der Waals surface area contributed by atoms with Crippen LogP contribution in [-0.2, 0) is 0 Å². The molecule has 0 fully saturated rings. The fraction of sp³-hybridized carbons (Fsp3) is 0.385. The zero-order chi connectivity index (χ0) is 10.2. The molecule has 0 aromatic rings. The molecule has 0 aromatic carbocycles. The van der Waals surface area contributed by atoms with Gasteiger partial charge in [-0.1, -0.05) is 24.3 Å². The lowest BCUT2D eigenvalue weighted by atomic mass is 9.54. The molecule has 3 unspecified atom stereocenters. The van der Waals surface area contributed by atoms with Crippen molar-refractivity contribution in [1.29, 1.82) is 0 Å². The molecule has 0 saturated carbocycles. The van der Waals surface area contributed by atoms with E-state index in [1.807, 2.05) is 0 Å². The minimum absolute atomic E-state index is 0.170. The Balaban J connectivity index is 1.88. The second-order valence-electron chi connectivity index (χ2n) is 4.89. The third-order valence-corrected chi connectivity index (χ3v) is 4.31. The molecule has 76 valence electrons. The van der Waals surface area contributed by atoms with Gasteiger partial charge in [-0.2, -0.15) is 0 Å². The lowest BCUT2D eigenvalue weighted by Gasteiger charge is -2.59. The maximum Gasteiger partial charge on any atom is 0.113 e. The molecule has 2 heteroatoms. The van der Waals surface area contributed by atoms with Crippen LogP contribution in [0.15, 0.2) is 47.3 Å². The van der Waals surface area contributed by atoms with Crippen molar-refractivity contribution >= 4 is 0 Å². The molecule has 0 radical (unpaired) electrons. The van der Waals surface area contributed by atoms with Crippen molar-refractivity contribution in [2.45, 2.75) is 18.5 Å². The van der Waals surface area contributed by atoms with Crippen LogP contribution in [0.4, 0.5) is 0 Å². The minimum Gasteiger partial charge on any atom is -0.376 e. The van der Waals surface area contributed by atoms with E-state index in [0.29, 0.717) is 12.0 Å². The van der Waals surface area contributed by atoms with E-state index in [-0.39, 0.29) is 5.54 Å². The summed E-state index contributed by atoms with van der Waals surface area (Å²) in [6.45, 7) is 2.24. The Morgan fingerprint density at radius 3 is 3.07 bits per heavy atom. The van der Waals surface area contributed by atoms with Crippen LogP contribution in [0.5, 0.6) is 0 Å². The van der Waals surface area contributed by atoms with E-state index in [9.17, 15) is 0 Å². The second-order valence-corrected chi connectivity index (χ2v) is 4.89. The van der Waals surface area contributed by atoms with Crippen LogP contribution in [0.2, 0.25) is 0 Å². The lowest BCUT2D eigenvalue weighted by Crippen LogP contribution is -2.65. The van der Waals surface area contributed by atoms with Crippen LogP contribution in [0.25, 0.3) is 0 Å². The third kappa shape index (κ3) is 0.594. The molecular formula is C13H14N2. The van der Waals surface area contributed by atoms with Gasteiger partial charge in [0.25, 0.3) is 0 Å². The molecule has 4 aliphatic rings. The van der Waals surface area contributed by atoms with Crippen molar-refractivity contribution in [2.24, 2.45) is 5.92 Å². The van der Waals surface area contributed by atoms with Gasteiger partial charge in [-0.25, -0.2) is 0 Å². The van der Waals surface area contributed by atoms with Crippen molar-refractivity contribution in [3.8, 4) is 0 Å². The van der Waals surface area contributed by atoms with Gasteiger partial charge in [0, 0.05) is 24.6 Å². The normalized spacial score (nSPS) is 43.6. The molecule has 2 heterocycles. The predicted octanol–water partition coefficient (Wildman–Crippen LogP) is 1.56. The number of fused-ring (bicyclic) bond motifs is 1. The average Bonchev–Trinajstić information content (AvgIpc) is 2.58. The van der Waals surface area contributed by atoms with Crippen molar-refractivity contribution < 1.29 is 0 Å². The van der Waals surface area contributed by atoms with Crippen LogP contribution in [-0.4, -0.2) is 23.5 Å². The van der Waals surface area contributed by atoms with Gasteiger partial charge in [-0.15, -0.1) is 0 Å². The van der Waals surface area contributed by atoms with Crippen molar-refractivity contribution in [3.63, 3.8) is 0 Å². The molecular weight excluding hydrogens is 184 g/mol. The van der Waals surface area contributed by atoms with E-state index in [2.05, 4.69) is 54.7 Å². The van der Waals surface area contributed by atoms with E-state index < -0.39 is 0 Å². The van der Waals surface area contributed by atoms with Gasteiger partial charge < -0.3 is 10.2 Å². The lowest BCUT2D eigenvalue weighted by molar-refractivity contribution is 0.235. The zero-order valence-electron chi connectivity index (χ0n) is 8.99. The number of rotatable bonds is 0. The summed E-state index contributed by atoms with van der Waals surface area (Å²) in [5.74, 6) is 0.590. The molecule has 0 saturated heterocycles. The summed E-state index contributed by atoms with van der Waals surface area (Å²) in [5.41, 5.74) is 4.61. The Hall–Kier alpha value is -1.44. The first kappa shape index (κ1) is 7.80. The van der Waals surface area contributed by atoms with Crippen LogP contribution < -0.4 is 5.32 Å². The van der Waals surface area contributed by atoms with E-state index in [1.165, 1.54) is 16.8 Å². The number of allylic oxidation sites excluding steroid dienone is 1. The Bertz CT molecular complexity index is 481. The largest absolute Gasteiger partial charge is 0.376 e. The molecule has 15 heavy (non-hydrogen) atoms. The third-order valence-electron chi connectivity index (χ3n) is 4.31. The highest BCUT2D eigenvalue weighted by molar-refractivity contribution is 5.74. The molecule has 1 N–H and O–H groups in total. The first-order valence-electron chi connectivity index (χ1n) is 5.58. The molecule has 4 rings (SSSR count). The maximum absolute atomic E-state index is 3.54. The SMILES string of the molecule is CC1C=CC2=C(N1C)C13NC=CC1C=C23. The summed E-state index contributed by atoms with van der Waals surface area (Å²) in [7, 11) is 2.20. The summed E-state index contributed by atoms with van der Waals surface area (Å²) in [6, 6.07) is 0.517. The maximum atomic E-state index is 3.54. The molecule has 2 aliphatic carbocycles. The Morgan fingerprint density at radius 1 is 1.40 bits per heavy atom. The van der Waals surface area contributed by atoms with E-state index in [1.54, 1.807) is 0 Å². The van der Waals surface area contributed by atoms with Gasteiger partial charge in [-0.3, -0.25) is 0 Å². The topological polar surface area (TPSA) is 15.3 Å². The fourth-order valence-corrected chi connectivity index (χ4v) is 3.31. The van der Waals surface area contributed by atoms with E-state index in [4.69, 9.17) is 0 Å². The summed E-state index contributed by atoms with van der Waals surface area (Å²) in [5, 5.41) is 3.54. The predicted molar refractivity (Wildman–Crippen MR) is 60.0 cm³/mol. The minimum atomic E-state index is 0.170. The average molecular weight is 198 g/mol. The first-order valence-corrected chi connectivity index (χ1v) is 5.58. The smallest absolute Gasteiger partial charge is 0.113 e. The number of hydrogen-bond acceptors (Lipinski definition) is 2. The number of likely N-dealkylation sites (N-methyl/N-ethyl adjacent to an activating group) is 1. The molecule has 3 atom stereocenters. The van der Waals surface area contributed by atoms with Gasteiger partial charge in [0.1, 0.15) is 5.54 Å². The molecule has 0 amide bonds. The van der Waals surface area contributed by atoms with Crippen molar-refractivity contribution in [3.05, 3.63) is 47.3 Å². The van der Waals surface area contributed by atoms with E-state index >= 15 is 0 Å². The van der Waals surface area contributed by atoms with E-state index in [0.717, 1.165) is 0 Å². The number of nitrogens with zero attached hydrogens (tertiary/aromatic N) is 1. The fourth-order valence-electron chi connectivity index (χ4n) is 3.31. The van der Waals surface area contributed by atoms with Gasteiger partial charge in [0.2, 0.25) is 0 Å². The van der Waals surface area contributed by atoms with Crippen LogP contribution in [0.3, 0.4) is 0 Å². The molecule has 0 aromatic heterocycles. The molecule has 2 aliphatic heterocycles. The van der Waals surface area contributed by atoms with Crippen molar-refractivity contribution in [2.75, 3.05) is 7.05 Å². The Labute approximate surface area is 89.6 Å². The Morgan fingerprint density at radius 2 is 2.27 bits per heavy atom. The Kier molecular flexibility index (Phi) is 1.07. The second kappa shape index (κ2) is 2.06. The van der Waals surface area contributed by atoms with Gasteiger partial charge >= 0.3 is 0 Å². The van der Waals surface area contributed by atoms with Gasteiger partial charge in [0.15, 0.2) is 0 Å². The summed E-state index contributed by atoms with van der Waals surface area (Å²) in [4.78, 5) is 2.40. The van der Waals surface area contributed by atoms with Gasteiger partial charge in [0.05, 0.1) is 5.70 Å². The molecule has 2 nitrogen and oxygen atoms in total.